The predicted octanol–water partition coefficient (Wildman–Crippen LogP) is 3.91. The quantitative estimate of drug-likeness (QED) is 0.853. The molecule has 0 saturated heterocycles. The minimum absolute atomic E-state index is 0.499. The molecule has 1 aromatic rings. The zero-order chi connectivity index (χ0) is 10.4. The summed E-state index contributed by atoms with van der Waals surface area (Å²) in [7, 11) is 0. The molecule has 1 atom stereocenters. The van der Waals surface area contributed by atoms with Crippen LogP contribution in [0.5, 0.6) is 0 Å². The third kappa shape index (κ3) is 3.57. The highest BCUT2D eigenvalue weighted by molar-refractivity contribution is 9.10. The van der Waals surface area contributed by atoms with E-state index in [1.165, 1.54) is 15.1 Å². The lowest BCUT2D eigenvalue weighted by molar-refractivity contribution is 0.613. The fourth-order valence-corrected chi connectivity index (χ4v) is 3.85. The number of thiophene rings is 1. The highest BCUT2D eigenvalue weighted by Crippen LogP contribution is 2.30. The van der Waals surface area contributed by atoms with Crippen LogP contribution in [0.1, 0.15) is 24.8 Å². The molecule has 0 saturated carbocycles. The molecule has 0 aliphatic heterocycles. The van der Waals surface area contributed by atoms with E-state index < -0.39 is 0 Å². The van der Waals surface area contributed by atoms with Crippen LogP contribution in [-0.2, 0) is 0 Å². The maximum atomic E-state index is 3.59. The Bertz CT molecular complexity index is 262. The third-order valence-corrected chi connectivity index (χ3v) is 4.86. The molecular formula is C10H16BrNS2. The van der Waals surface area contributed by atoms with Gasteiger partial charge in [0.25, 0.3) is 0 Å². The highest BCUT2D eigenvalue weighted by atomic mass is 79.9. The molecular weight excluding hydrogens is 278 g/mol. The Morgan fingerprint density at radius 2 is 2.36 bits per heavy atom. The van der Waals surface area contributed by atoms with Gasteiger partial charge in [0.05, 0.1) is 6.04 Å². The molecule has 0 aliphatic rings. The number of nitrogens with one attached hydrogen (secondary N) is 1. The van der Waals surface area contributed by atoms with Crippen LogP contribution < -0.4 is 5.32 Å². The lowest BCUT2D eigenvalue weighted by Crippen LogP contribution is -2.22. The van der Waals surface area contributed by atoms with Crippen LogP contribution in [-0.4, -0.2) is 18.1 Å². The summed E-state index contributed by atoms with van der Waals surface area (Å²) in [6.07, 6.45) is 0. The van der Waals surface area contributed by atoms with E-state index in [9.17, 15) is 0 Å². The summed E-state index contributed by atoms with van der Waals surface area (Å²) >= 11 is 7.40. The van der Waals surface area contributed by atoms with E-state index in [-0.39, 0.29) is 0 Å². The van der Waals surface area contributed by atoms with Gasteiger partial charge in [0.15, 0.2) is 0 Å². The van der Waals surface area contributed by atoms with E-state index >= 15 is 0 Å². The normalized spacial score (nSPS) is 13.1. The predicted molar refractivity (Wildman–Crippen MR) is 71.4 cm³/mol. The van der Waals surface area contributed by atoms with Gasteiger partial charge in [-0.3, -0.25) is 0 Å². The van der Waals surface area contributed by atoms with Crippen molar-refractivity contribution in [2.24, 2.45) is 0 Å². The molecule has 0 amide bonds. The summed E-state index contributed by atoms with van der Waals surface area (Å²) in [6, 6.07) is 2.63. The number of hydrogen-bond donors (Lipinski definition) is 1. The van der Waals surface area contributed by atoms with Gasteiger partial charge in [-0.15, -0.1) is 11.3 Å². The second kappa shape index (κ2) is 6.88. The molecule has 0 bridgehead atoms. The van der Waals surface area contributed by atoms with Gasteiger partial charge in [-0.2, -0.15) is 11.8 Å². The largest absolute Gasteiger partial charge is 0.309 e. The Balaban J connectivity index is 2.62. The average Bonchev–Trinajstić information content (AvgIpc) is 2.59. The molecule has 80 valence electrons. The summed E-state index contributed by atoms with van der Waals surface area (Å²) in [5.41, 5.74) is 0. The molecule has 1 nitrogen and oxygen atoms in total. The van der Waals surface area contributed by atoms with Gasteiger partial charge in [-0.25, -0.2) is 0 Å². The average molecular weight is 294 g/mol. The van der Waals surface area contributed by atoms with Crippen LogP contribution in [0.2, 0.25) is 0 Å². The van der Waals surface area contributed by atoms with Crippen molar-refractivity contribution in [2.75, 3.05) is 18.1 Å². The second-order valence-corrected chi connectivity index (χ2v) is 6.02. The lowest BCUT2D eigenvalue weighted by Gasteiger charge is -2.16. The Labute approximate surface area is 103 Å². The van der Waals surface area contributed by atoms with Gasteiger partial charge in [-0.05, 0) is 39.7 Å². The van der Waals surface area contributed by atoms with E-state index in [1.807, 2.05) is 23.1 Å². The summed E-state index contributed by atoms with van der Waals surface area (Å²) in [5.74, 6) is 2.34. The molecule has 1 aromatic heterocycles. The molecule has 1 N–H and O–H groups in total. The van der Waals surface area contributed by atoms with Crippen molar-refractivity contribution >= 4 is 39.0 Å². The van der Waals surface area contributed by atoms with E-state index in [4.69, 9.17) is 0 Å². The zero-order valence-corrected chi connectivity index (χ0v) is 11.8. The number of thioether (sulfide) groups is 1. The van der Waals surface area contributed by atoms with E-state index in [0.717, 1.165) is 12.3 Å². The van der Waals surface area contributed by atoms with E-state index in [1.54, 1.807) is 0 Å². The first-order chi connectivity index (χ1) is 6.79. The molecule has 1 rings (SSSR count). The molecule has 0 aromatic carbocycles. The standard InChI is InChI=1S/C10H16BrNS2/c1-3-12-9(7-13-4-2)10-8(11)5-6-14-10/h5-6,9,12H,3-4,7H2,1-2H3. The lowest BCUT2D eigenvalue weighted by atomic mass is 10.3. The van der Waals surface area contributed by atoms with Crippen molar-refractivity contribution in [1.29, 1.82) is 0 Å². The SMILES string of the molecule is CCNC(CSCC)c1sccc1Br. The first kappa shape index (κ1) is 12.6. The maximum absolute atomic E-state index is 3.59. The van der Waals surface area contributed by atoms with Gasteiger partial charge >= 0.3 is 0 Å². The van der Waals surface area contributed by atoms with E-state index in [0.29, 0.717) is 6.04 Å². The summed E-state index contributed by atoms with van der Waals surface area (Å²) in [4.78, 5) is 1.42. The number of halogens is 1. The first-order valence-electron chi connectivity index (χ1n) is 4.83. The van der Waals surface area contributed by atoms with Gasteiger partial charge in [-0.1, -0.05) is 13.8 Å². The van der Waals surface area contributed by atoms with Crippen molar-refractivity contribution in [1.82, 2.24) is 5.32 Å². The molecule has 1 heterocycles. The van der Waals surface area contributed by atoms with Gasteiger partial charge in [0.2, 0.25) is 0 Å². The first-order valence-corrected chi connectivity index (χ1v) is 7.66. The van der Waals surface area contributed by atoms with Crippen molar-refractivity contribution in [3.05, 3.63) is 20.8 Å². The van der Waals surface area contributed by atoms with Crippen LogP contribution in [0.15, 0.2) is 15.9 Å². The minimum atomic E-state index is 0.499. The van der Waals surface area contributed by atoms with Crippen LogP contribution in [0.3, 0.4) is 0 Å². The van der Waals surface area contributed by atoms with E-state index in [2.05, 4.69) is 46.5 Å². The van der Waals surface area contributed by atoms with Crippen LogP contribution in [0.25, 0.3) is 0 Å². The van der Waals surface area contributed by atoms with Crippen LogP contribution >= 0.6 is 39.0 Å². The molecule has 0 fully saturated rings. The summed E-state index contributed by atoms with van der Waals surface area (Å²) < 4.78 is 1.24. The number of hydrogen-bond acceptors (Lipinski definition) is 3. The topological polar surface area (TPSA) is 12.0 Å². The van der Waals surface area contributed by atoms with Crippen molar-refractivity contribution in [3.63, 3.8) is 0 Å². The Morgan fingerprint density at radius 1 is 1.57 bits per heavy atom. The summed E-state index contributed by atoms with van der Waals surface area (Å²) in [5, 5.41) is 5.66. The molecule has 0 radical (unpaired) electrons. The molecule has 0 spiro atoms. The van der Waals surface area contributed by atoms with Crippen molar-refractivity contribution in [3.8, 4) is 0 Å². The van der Waals surface area contributed by atoms with Gasteiger partial charge in [0.1, 0.15) is 0 Å². The molecule has 4 heteroatoms. The van der Waals surface area contributed by atoms with Crippen molar-refractivity contribution in [2.45, 2.75) is 19.9 Å². The fourth-order valence-electron chi connectivity index (χ4n) is 1.26. The van der Waals surface area contributed by atoms with Crippen LogP contribution in [0.4, 0.5) is 0 Å². The zero-order valence-electron chi connectivity index (χ0n) is 8.55. The van der Waals surface area contributed by atoms with Gasteiger partial charge < -0.3 is 5.32 Å². The molecule has 0 aliphatic carbocycles. The maximum Gasteiger partial charge on any atom is 0.0517 e. The number of rotatable bonds is 6. The highest BCUT2D eigenvalue weighted by Gasteiger charge is 2.14. The van der Waals surface area contributed by atoms with Gasteiger partial charge in [0, 0.05) is 15.1 Å². The Hall–Kier alpha value is 0.490. The minimum Gasteiger partial charge on any atom is -0.309 e. The fraction of sp³-hybridized carbons (Fsp3) is 0.600. The van der Waals surface area contributed by atoms with Crippen molar-refractivity contribution < 1.29 is 0 Å². The molecule has 1 unspecified atom stereocenters. The summed E-state index contributed by atoms with van der Waals surface area (Å²) in [6.45, 7) is 5.39. The Morgan fingerprint density at radius 3 is 2.86 bits per heavy atom. The Kier molecular flexibility index (Phi) is 6.17. The van der Waals surface area contributed by atoms with Crippen LogP contribution in [0, 0.1) is 0 Å². The second-order valence-electron chi connectivity index (χ2n) is 2.90. The monoisotopic (exact) mass is 293 g/mol. The molecule has 14 heavy (non-hydrogen) atoms. The third-order valence-electron chi connectivity index (χ3n) is 1.90. The smallest absolute Gasteiger partial charge is 0.0517 e.